The summed E-state index contributed by atoms with van der Waals surface area (Å²) in [7, 11) is 0. The zero-order valence-electron chi connectivity index (χ0n) is 18.3. The summed E-state index contributed by atoms with van der Waals surface area (Å²) in [5.74, 6) is 0. The van der Waals surface area contributed by atoms with Crippen LogP contribution in [0, 0.1) is 0 Å². The van der Waals surface area contributed by atoms with Crippen molar-refractivity contribution in [2.24, 2.45) is 0 Å². The average Bonchev–Trinajstić information content (AvgIpc) is 2.67. The highest BCUT2D eigenvalue weighted by molar-refractivity contribution is 5.93. The number of carbonyl (C=O) groups excluding carboxylic acids is 2. The van der Waals surface area contributed by atoms with Gasteiger partial charge < -0.3 is 10.6 Å². The van der Waals surface area contributed by atoms with E-state index in [1.807, 2.05) is 0 Å². The lowest BCUT2D eigenvalue weighted by atomic mass is 10.1. The molecule has 27 heavy (non-hydrogen) atoms. The fourth-order valence-corrected chi connectivity index (χ4v) is 3.03. The molecule has 5 nitrogen and oxygen atoms in total. The Kier molecular flexibility index (Phi) is 18.6. The predicted octanol–water partition coefficient (Wildman–Crippen LogP) is 6.23. The van der Waals surface area contributed by atoms with Crippen LogP contribution in [0.25, 0.3) is 0 Å². The summed E-state index contributed by atoms with van der Waals surface area (Å²) in [6, 6.07) is -0.488. The molecule has 0 heterocycles. The fraction of sp³-hybridized carbons (Fsp3) is 0.909. The van der Waals surface area contributed by atoms with Crippen molar-refractivity contribution < 1.29 is 9.59 Å². The highest BCUT2D eigenvalue weighted by atomic mass is 16.2. The van der Waals surface area contributed by atoms with Crippen molar-refractivity contribution in [3.8, 4) is 0 Å². The molecule has 0 aliphatic carbocycles. The normalized spacial score (nSPS) is 10.6. The molecule has 0 radical (unpaired) electrons. The molecule has 0 aliphatic heterocycles. The molecule has 0 bridgehead atoms. The molecule has 2 N–H and O–H groups in total. The highest BCUT2D eigenvalue weighted by Crippen LogP contribution is 2.06. The second kappa shape index (κ2) is 19.5. The number of unbranched alkanes of at least 4 members (excludes halogenated alkanes) is 11. The Morgan fingerprint density at radius 1 is 0.556 bits per heavy atom. The van der Waals surface area contributed by atoms with Crippen LogP contribution in [-0.2, 0) is 0 Å². The highest BCUT2D eigenvalue weighted by Gasteiger charge is 2.20. The lowest BCUT2D eigenvalue weighted by Gasteiger charge is -2.22. The monoisotopic (exact) mass is 383 g/mol. The molecular formula is C22H45N3O2. The first-order chi connectivity index (χ1) is 13.2. The smallest absolute Gasteiger partial charge is 0.325 e. The largest absolute Gasteiger partial charge is 0.338 e. The summed E-state index contributed by atoms with van der Waals surface area (Å²) < 4.78 is 0. The molecule has 0 fully saturated rings. The molecule has 160 valence electrons. The molecule has 0 atom stereocenters. The van der Waals surface area contributed by atoms with Gasteiger partial charge in [-0.05, 0) is 19.3 Å². The third kappa shape index (κ3) is 15.5. The Labute approximate surface area is 168 Å². The number of urea groups is 2. The van der Waals surface area contributed by atoms with E-state index in [9.17, 15) is 9.59 Å². The van der Waals surface area contributed by atoms with Gasteiger partial charge in [0.05, 0.1) is 0 Å². The SMILES string of the molecule is CCCCCCCNC(=O)N(CCCCCCC)C(=O)NCCCCCC. The molecule has 0 aromatic carbocycles. The zero-order valence-corrected chi connectivity index (χ0v) is 18.3. The molecule has 0 aliphatic rings. The van der Waals surface area contributed by atoms with Gasteiger partial charge in [-0.2, -0.15) is 0 Å². The molecule has 0 saturated carbocycles. The Balaban J connectivity index is 4.26. The van der Waals surface area contributed by atoms with Gasteiger partial charge >= 0.3 is 12.1 Å². The number of hydrogen-bond donors (Lipinski definition) is 2. The minimum atomic E-state index is -0.245. The van der Waals surface area contributed by atoms with E-state index in [0.717, 1.165) is 38.5 Å². The van der Waals surface area contributed by atoms with Gasteiger partial charge in [0.15, 0.2) is 0 Å². The molecular weight excluding hydrogens is 338 g/mol. The van der Waals surface area contributed by atoms with Crippen LogP contribution >= 0.6 is 0 Å². The lowest BCUT2D eigenvalue weighted by Crippen LogP contribution is -2.49. The van der Waals surface area contributed by atoms with Gasteiger partial charge in [-0.25, -0.2) is 14.5 Å². The van der Waals surface area contributed by atoms with Gasteiger partial charge in [0, 0.05) is 19.6 Å². The average molecular weight is 384 g/mol. The first-order valence-electron chi connectivity index (χ1n) is 11.5. The Bertz CT molecular complexity index is 361. The summed E-state index contributed by atoms with van der Waals surface area (Å²) >= 11 is 0. The molecule has 4 amide bonds. The maximum absolute atomic E-state index is 12.5. The zero-order chi connectivity index (χ0) is 20.2. The summed E-state index contributed by atoms with van der Waals surface area (Å²) in [6.07, 6.45) is 15.8. The van der Waals surface area contributed by atoms with E-state index < -0.39 is 0 Å². The van der Waals surface area contributed by atoms with Crippen LogP contribution in [0.4, 0.5) is 9.59 Å². The van der Waals surface area contributed by atoms with Gasteiger partial charge in [0.2, 0.25) is 0 Å². The van der Waals surface area contributed by atoms with Gasteiger partial charge in [-0.3, -0.25) is 0 Å². The van der Waals surface area contributed by atoms with E-state index in [0.29, 0.717) is 19.6 Å². The molecule has 0 saturated heterocycles. The summed E-state index contributed by atoms with van der Waals surface area (Å²) in [4.78, 5) is 26.3. The van der Waals surface area contributed by atoms with Crippen molar-refractivity contribution in [2.75, 3.05) is 19.6 Å². The topological polar surface area (TPSA) is 61.4 Å². The molecule has 0 aromatic heterocycles. The maximum Gasteiger partial charge on any atom is 0.325 e. The minimum absolute atomic E-state index is 0.243. The van der Waals surface area contributed by atoms with Crippen LogP contribution in [0.1, 0.15) is 111 Å². The summed E-state index contributed by atoms with van der Waals surface area (Å²) in [5, 5.41) is 5.85. The van der Waals surface area contributed by atoms with Gasteiger partial charge in [-0.1, -0.05) is 91.4 Å². The number of hydrogen-bond acceptors (Lipinski definition) is 2. The number of carbonyl (C=O) groups is 2. The number of nitrogens with one attached hydrogen (secondary N) is 2. The lowest BCUT2D eigenvalue weighted by molar-refractivity contribution is 0.184. The standard InChI is InChI=1S/C22H45N3O2/c1-4-7-10-13-16-19-24-22(27)25(20-17-14-11-8-5-2)21(26)23-18-15-12-9-6-3/h4-20H2,1-3H3,(H,23,26)(H,24,27). The van der Waals surface area contributed by atoms with Crippen molar-refractivity contribution in [1.82, 2.24) is 15.5 Å². The van der Waals surface area contributed by atoms with Crippen molar-refractivity contribution in [2.45, 2.75) is 111 Å². The van der Waals surface area contributed by atoms with Crippen LogP contribution < -0.4 is 10.6 Å². The predicted molar refractivity (Wildman–Crippen MR) is 115 cm³/mol. The maximum atomic E-state index is 12.5. The molecule has 0 spiro atoms. The van der Waals surface area contributed by atoms with E-state index in [1.54, 1.807) is 0 Å². The van der Waals surface area contributed by atoms with Crippen molar-refractivity contribution >= 4 is 12.1 Å². The number of amides is 4. The fourth-order valence-electron chi connectivity index (χ4n) is 3.03. The number of rotatable bonds is 17. The third-order valence-corrected chi connectivity index (χ3v) is 4.84. The van der Waals surface area contributed by atoms with Crippen molar-refractivity contribution in [1.29, 1.82) is 0 Å². The molecule has 0 aromatic rings. The summed E-state index contributed by atoms with van der Waals surface area (Å²) in [5.41, 5.74) is 0. The Morgan fingerprint density at radius 2 is 0.926 bits per heavy atom. The number of imide groups is 1. The van der Waals surface area contributed by atoms with E-state index in [1.165, 1.54) is 56.3 Å². The van der Waals surface area contributed by atoms with E-state index in [4.69, 9.17) is 0 Å². The quantitative estimate of drug-likeness (QED) is 0.292. The molecule has 5 heteroatoms. The van der Waals surface area contributed by atoms with E-state index >= 15 is 0 Å². The summed E-state index contributed by atoms with van der Waals surface area (Å²) in [6.45, 7) is 8.36. The first kappa shape index (κ1) is 25.7. The molecule has 0 rings (SSSR count). The van der Waals surface area contributed by atoms with E-state index in [-0.39, 0.29) is 12.1 Å². The second-order valence-corrected chi connectivity index (χ2v) is 7.50. The molecule has 0 unspecified atom stereocenters. The van der Waals surface area contributed by atoms with Crippen LogP contribution in [0.2, 0.25) is 0 Å². The van der Waals surface area contributed by atoms with E-state index in [2.05, 4.69) is 31.4 Å². The minimum Gasteiger partial charge on any atom is -0.338 e. The first-order valence-corrected chi connectivity index (χ1v) is 11.5. The second-order valence-electron chi connectivity index (χ2n) is 7.50. The van der Waals surface area contributed by atoms with Crippen molar-refractivity contribution in [3.05, 3.63) is 0 Å². The van der Waals surface area contributed by atoms with Crippen molar-refractivity contribution in [3.63, 3.8) is 0 Å². The Hall–Kier alpha value is -1.26. The number of nitrogens with zero attached hydrogens (tertiary/aromatic N) is 1. The third-order valence-electron chi connectivity index (χ3n) is 4.84. The van der Waals surface area contributed by atoms with Gasteiger partial charge in [0.25, 0.3) is 0 Å². The van der Waals surface area contributed by atoms with Gasteiger partial charge in [-0.15, -0.1) is 0 Å². The van der Waals surface area contributed by atoms with Crippen LogP contribution in [0.15, 0.2) is 0 Å². The Morgan fingerprint density at radius 3 is 1.37 bits per heavy atom. The van der Waals surface area contributed by atoms with Crippen LogP contribution in [-0.4, -0.2) is 36.6 Å². The van der Waals surface area contributed by atoms with Crippen LogP contribution in [0.5, 0.6) is 0 Å². The van der Waals surface area contributed by atoms with Gasteiger partial charge in [0.1, 0.15) is 0 Å². The van der Waals surface area contributed by atoms with Crippen LogP contribution in [0.3, 0.4) is 0 Å².